The van der Waals surface area contributed by atoms with Crippen LogP contribution in [0.5, 0.6) is 11.5 Å². The molecule has 416 valence electrons. The summed E-state index contributed by atoms with van der Waals surface area (Å²) in [5, 5.41) is 13.8. The lowest BCUT2D eigenvalue weighted by Crippen LogP contribution is -2.29. The highest BCUT2D eigenvalue weighted by molar-refractivity contribution is 7.91. The first-order valence-corrected chi connectivity index (χ1v) is 30.2. The number of hydrogen-bond donors (Lipinski definition) is 3. The average Bonchev–Trinajstić information content (AvgIpc) is 3.86. The number of nitrogens with zero attached hydrogens (tertiary/aromatic N) is 2. The lowest BCUT2D eigenvalue weighted by Gasteiger charge is -2.24. The quantitative estimate of drug-likeness (QED) is 0.0537. The summed E-state index contributed by atoms with van der Waals surface area (Å²) >= 11 is 0. The van der Waals surface area contributed by atoms with Crippen LogP contribution in [-0.2, 0) is 53.0 Å². The highest BCUT2D eigenvalue weighted by Crippen LogP contribution is 2.29. The first-order valence-electron chi connectivity index (χ1n) is 25.2. The second-order valence-electron chi connectivity index (χ2n) is 19.2. The molecule has 0 spiro atoms. The number of carbonyl (C=O) groups is 4. The van der Waals surface area contributed by atoms with Crippen LogP contribution in [0.4, 0.5) is 18.4 Å². The number of urea groups is 2. The van der Waals surface area contributed by atoms with E-state index in [1.165, 1.54) is 28.0 Å². The molecule has 19 nitrogen and oxygen atoms in total. The van der Waals surface area contributed by atoms with Gasteiger partial charge in [0.25, 0.3) is 10.1 Å². The first kappa shape index (κ1) is 60.6. The van der Waals surface area contributed by atoms with Gasteiger partial charge in [-0.2, -0.15) is 8.42 Å². The van der Waals surface area contributed by atoms with Gasteiger partial charge in [0.1, 0.15) is 19.2 Å². The Bertz CT molecular complexity index is 2740. The summed E-state index contributed by atoms with van der Waals surface area (Å²) in [6.45, 7) is 8.71. The summed E-state index contributed by atoms with van der Waals surface area (Å²) in [6.07, 6.45) is 5.79. The molecule has 4 heterocycles. The fourth-order valence-corrected chi connectivity index (χ4v) is 13.2. The molecule has 0 radical (unpaired) electrons. The van der Waals surface area contributed by atoms with Crippen molar-refractivity contribution >= 4 is 53.7 Å². The summed E-state index contributed by atoms with van der Waals surface area (Å²) in [5.74, 6) is -2.85. The molecule has 75 heavy (non-hydrogen) atoms. The average molecular weight is 1110 g/mol. The summed E-state index contributed by atoms with van der Waals surface area (Å²) in [7, 11) is -10.2. The minimum absolute atomic E-state index is 0.0235. The van der Waals surface area contributed by atoms with Crippen molar-refractivity contribution < 1.29 is 76.7 Å². The van der Waals surface area contributed by atoms with Crippen molar-refractivity contribution in [1.29, 1.82) is 0 Å². The van der Waals surface area contributed by atoms with Crippen molar-refractivity contribution in [1.82, 2.24) is 20.4 Å². The second-order valence-corrected chi connectivity index (χ2v) is 25.2. The molecule has 2 atom stereocenters. The largest absolute Gasteiger partial charge is 0.505 e. The molecule has 0 unspecified atom stereocenters. The van der Waals surface area contributed by atoms with E-state index in [9.17, 15) is 58.3 Å². The highest BCUT2D eigenvalue weighted by atomic mass is 32.2. The van der Waals surface area contributed by atoms with Gasteiger partial charge in [-0.1, -0.05) is 56.5 Å². The number of aromatic hydroxyl groups is 1. The molecule has 7 rings (SSSR count). The Kier molecular flexibility index (Phi) is 23.2. The van der Waals surface area contributed by atoms with Crippen LogP contribution in [0.1, 0.15) is 107 Å². The van der Waals surface area contributed by atoms with E-state index in [1.54, 1.807) is 43.3 Å². The second kappa shape index (κ2) is 28.7. The number of nitrogens with one attached hydrogen (secondary N) is 2. The zero-order valence-electron chi connectivity index (χ0n) is 42.7. The highest BCUT2D eigenvalue weighted by Gasteiger charge is 2.28. The smallest absolute Gasteiger partial charge is 0.324 e. The number of rotatable bonds is 23. The van der Waals surface area contributed by atoms with Gasteiger partial charge in [-0.25, -0.2) is 35.2 Å². The van der Waals surface area contributed by atoms with Gasteiger partial charge in [-0.3, -0.25) is 24.4 Å². The van der Waals surface area contributed by atoms with Crippen molar-refractivity contribution in [3.8, 4) is 11.5 Å². The molecule has 4 fully saturated rings. The summed E-state index contributed by atoms with van der Waals surface area (Å²) in [5.41, 5.74) is 2.31. The molecule has 3 aromatic rings. The van der Waals surface area contributed by atoms with Crippen molar-refractivity contribution in [2.24, 2.45) is 0 Å². The van der Waals surface area contributed by atoms with Gasteiger partial charge in [0.15, 0.2) is 42.8 Å². The van der Waals surface area contributed by atoms with Crippen LogP contribution in [0.2, 0.25) is 0 Å². The molecule has 0 saturated carbocycles. The minimum atomic E-state index is -3.63. The maximum Gasteiger partial charge on any atom is 0.324 e. The Morgan fingerprint density at radius 1 is 0.627 bits per heavy atom. The van der Waals surface area contributed by atoms with Gasteiger partial charge >= 0.3 is 12.1 Å². The summed E-state index contributed by atoms with van der Waals surface area (Å²) < 4.78 is 122. The van der Waals surface area contributed by atoms with E-state index in [4.69, 9.17) is 18.4 Å². The van der Waals surface area contributed by atoms with Crippen LogP contribution in [0, 0.1) is 18.6 Å². The number of hydrogen-bond acceptors (Lipinski definition) is 15. The maximum absolute atomic E-state index is 14.2. The lowest BCUT2D eigenvalue weighted by molar-refractivity contribution is -0.119. The van der Waals surface area contributed by atoms with Gasteiger partial charge in [0.2, 0.25) is 11.8 Å². The zero-order chi connectivity index (χ0) is 54.8. The van der Waals surface area contributed by atoms with E-state index in [0.717, 1.165) is 17.2 Å². The van der Waals surface area contributed by atoms with E-state index in [1.807, 2.05) is 13.8 Å². The molecule has 4 aliphatic heterocycles. The van der Waals surface area contributed by atoms with Crippen LogP contribution < -0.4 is 15.4 Å². The number of halogens is 2. The molecule has 6 amide bonds. The number of imide groups is 2. The topological polar surface area (TPSA) is 258 Å². The van der Waals surface area contributed by atoms with Crippen molar-refractivity contribution in [3.05, 3.63) is 89.0 Å². The van der Waals surface area contributed by atoms with E-state index in [0.29, 0.717) is 109 Å². The van der Waals surface area contributed by atoms with Crippen LogP contribution >= 0.6 is 0 Å². The number of benzene rings is 3. The number of phenolic OH excluding ortho intramolecular Hbond substituents is 1. The van der Waals surface area contributed by atoms with Crippen LogP contribution in [0.25, 0.3) is 0 Å². The van der Waals surface area contributed by atoms with Crippen molar-refractivity contribution in [3.63, 3.8) is 0 Å². The molecule has 0 aliphatic carbocycles. The normalized spacial score (nSPS) is 17.6. The number of phenols is 1. The Balaban J connectivity index is 0.000000218. The standard InChI is InChI=1S/C22H31FN2O6S.C17H23FN2O5S.C12H16O4S/c1-16(17-5-6-19(23)20(13-17)31-18-7-10-30-11-8-18)15-32(28,29)12-4-2-3-9-25-14-21(26)24-22(25)27;1-12(13-5-6-14(18)15(21)9-13)11-26(24,25)8-4-2-3-7-20-10-16(22)19-17(20)23;1-10-2-4-12(5-3-10)17(13,14)16-11-6-8-15-9-7-11/h5-6,13,16,18H,2-4,7-12,14-15H2,1H3,(H,24,26,27);5-6,9,12,21H,2-4,7-8,10-11H2,1H3,(H,19,22,23);2-5,11H,6-9H2,1H3/t16-;12-;/m00./s1. The monoisotopic (exact) mass is 1110 g/mol. The fraction of sp³-hybridized carbons (Fsp3) is 0.569. The molecule has 24 heteroatoms. The van der Waals surface area contributed by atoms with Crippen LogP contribution in [-0.4, -0.2) is 152 Å². The van der Waals surface area contributed by atoms with Gasteiger partial charge in [-0.15, -0.1) is 0 Å². The van der Waals surface area contributed by atoms with E-state index < -0.39 is 59.2 Å². The lowest BCUT2D eigenvalue weighted by atomic mass is 10.0. The van der Waals surface area contributed by atoms with Crippen molar-refractivity contribution in [2.75, 3.05) is 75.6 Å². The molecule has 3 N–H and O–H groups in total. The molecule has 4 aliphatic rings. The number of aryl methyl sites for hydroxylation is 1. The number of unbranched alkanes of at least 4 members (excludes halogenated alkanes) is 4. The van der Waals surface area contributed by atoms with E-state index in [-0.39, 0.29) is 82.6 Å². The fourth-order valence-electron chi connectivity index (χ4n) is 8.49. The Hall–Kier alpha value is -5.27. The summed E-state index contributed by atoms with van der Waals surface area (Å²) in [4.78, 5) is 48.1. The predicted octanol–water partition coefficient (Wildman–Crippen LogP) is 6.27. The number of carbonyl (C=O) groups excluding carboxylic acids is 4. The molecular formula is C51H70F2N4O15S3. The van der Waals surface area contributed by atoms with Gasteiger partial charge in [0.05, 0.1) is 47.2 Å². The SMILES string of the molecule is C[C@@H](CS(=O)(=O)CCCCCN1CC(=O)NC1=O)c1ccc(F)c(O)c1.C[C@@H](CS(=O)(=O)CCCCCN1CC(=O)NC1=O)c1ccc(F)c(OC2CCOCC2)c1.Cc1ccc(S(=O)(=O)OC2CCOCC2)cc1. The third kappa shape index (κ3) is 20.7. The van der Waals surface area contributed by atoms with Crippen LogP contribution in [0.3, 0.4) is 0 Å². The van der Waals surface area contributed by atoms with Gasteiger partial charge in [0, 0.05) is 39.1 Å². The van der Waals surface area contributed by atoms with Gasteiger partial charge in [-0.05, 0) is 105 Å². The maximum atomic E-state index is 14.2. The molecule has 0 bridgehead atoms. The number of amides is 6. The van der Waals surface area contributed by atoms with E-state index in [2.05, 4.69) is 10.6 Å². The van der Waals surface area contributed by atoms with Crippen molar-refractivity contribution in [2.45, 2.75) is 114 Å². The molecule has 3 aromatic carbocycles. The Morgan fingerprint density at radius 2 is 1.08 bits per heavy atom. The molecule has 4 saturated heterocycles. The predicted molar refractivity (Wildman–Crippen MR) is 274 cm³/mol. The van der Waals surface area contributed by atoms with Crippen LogP contribution in [0.15, 0.2) is 65.6 Å². The van der Waals surface area contributed by atoms with Gasteiger partial charge < -0.3 is 29.1 Å². The number of sulfone groups is 2. The minimum Gasteiger partial charge on any atom is -0.505 e. The molecular weight excluding hydrogens is 1040 g/mol. The van der Waals surface area contributed by atoms with E-state index >= 15 is 0 Å². The number of ether oxygens (including phenoxy) is 3. The Labute approximate surface area is 439 Å². The summed E-state index contributed by atoms with van der Waals surface area (Å²) in [6, 6.07) is 14.3. The molecule has 0 aromatic heterocycles. The first-order chi connectivity index (χ1) is 35.5. The third-order valence-corrected chi connectivity index (χ3v) is 18.0. The third-order valence-electron chi connectivity index (χ3n) is 12.8. The Morgan fingerprint density at radius 3 is 1.53 bits per heavy atom. The zero-order valence-corrected chi connectivity index (χ0v) is 45.1.